The summed E-state index contributed by atoms with van der Waals surface area (Å²) < 4.78 is 0. The second-order valence-corrected chi connectivity index (χ2v) is 13.7. The molecule has 10 rings (SSSR count). The largest absolute Gasteiger partial charge is 0.278 e. The van der Waals surface area contributed by atoms with Crippen molar-refractivity contribution in [1.82, 2.24) is 15.0 Å². The van der Waals surface area contributed by atoms with E-state index in [2.05, 4.69) is 215 Å². The lowest BCUT2D eigenvalue weighted by Gasteiger charge is -2.30. The van der Waals surface area contributed by atoms with Crippen molar-refractivity contribution < 1.29 is 0 Å². The molecule has 0 N–H and O–H groups in total. The van der Waals surface area contributed by atoms with Gasteiger partial charge in [0.1, 0.15) is 0 Å². The number of hydrogen-bond donors (Lipinski definition) is 0. The third-order valence-corrected chi connectivity index (χ3v) is 10.3. The van der Waals surface area contributed by atoms with Crippen molar-refractivity contribution in [3.63, 3.8) is 0 Å². The number of aromatic nitrogens is 3. The van der Waals surface area contributed by atoms with Crippen molar-refractivity contribution in [2.24, 2.45) is 0 Å². The summed E-state index contributed by atoms with van der Waals surface area (Å²) in [5, 5.41) is 6.59. The van der Waals surface area contributed by atoms with Crippen molar-refractivity contribution in [2.45, 2.75) is 0 Å². The average Bonchev–Trinajstić information content (AvgIpc) is 3.28. The van der Waals surface area contributed by atoms with E-state index in [1.165, 1.54) is 0 Å². The molecule has 0 saturated carbocycles. The molecule has 0 bridgehead atoms. The molecule has 0 spiro atoms. The third-order valence-electron chi connectivity index (χ3n) is 10.3. The minimum absolute atomic E-state index is 0.472. The summed E-state index contributed by atoms with van der Waals surface area (Å²) in [4.78, 5) is 22.9. The highest BCUT2D eigenvalue weighted by Crippen LogP contribution is 2.44. The van der Waals surface area contributed by atoms with Crippen LogP contribution in [0.5, 0.6) is 0 Å². The van der Waals surface area contributed by atoms with Gasteiger partial charge < -0.3 is 0 Å². The fraction of sp³-hybridized carbons (Fsp3) is 0. The Morgan fingerprint density at radius 3 is 0.772 bits per heavy atom. The van der Waals surface area contributed by atoms with E-state index < -0.39 is 0 Å². The number of benzene rings is 9. The summed E-state index contributed by atoms with van der Waals surface area (Å²) in [6.07, 6.45) is 0. The van der Waals surface area contributed by atoms with Crippen LogP contribution in [0.4, 0.5) is 52.0 Å². The van der Waals surface area contributed by atoms with Gasteiger partial charge >= 0.3 is 0 Å². The summed E-state index contributed by atoms with van der Waals surface area (Å²) in [6.45, 7) is 0. The highest BCUT2D eigenvalue weighted by atomic mass is 15.4. The predicted octanol–water partition coefficient (Wildman–Crippen LogP) is 13.7. The Morgan fingerprint density at radius 2 is 0.474 bits per heavy atom. The molecule has 0 aliphatic carbocycles. The molecule has 57 heavy (non-hydrogen) atoms. The zero-order valence-corrected chi connectivity index (χ0v) is 31.0. The lowest BCUT2D eigenvalue weighted by molar-refractivity contribution is 0.965. The Balaban J connectivity index is 1.32. The van der Waals surface area contributed by atoms with Crippen molar-refractivity contribution in [3.8, 4) is 0 Å². The molecule has 10 aromatic rings. The summed E-state index contributed by atoms with van der Waals surface area (Å²) >= 11 is 0. The van der Waals surface area contributed by atoms with Gasteiger partial charge in [0.2, 0.25) is 17.8 Å². The number of rotatable bonds is 9. The van der Waals surface area contributed by atoms with Crippen molar-refractivity contribution >= 4 is 84.3 Å². The molecule has 1 heterocycles. The van der Waals surface area contributed by atoms with Crippen LogP contribution in [-0.4, -0.2) is 15.0 Å². The smallest absolute Gasteiger partial charge is 0.241 e. The summed E-state index contributed by atoms with van der Waals surface area (Å²) in [5.74, 6) is 1.42. The molecular formula is C51H36N6. The molecular weight excluding hydrogens is 697 g/mol. The van der Waals surface area contributed by atoms with Crippen LogP contribution in [-0.2, 0) is 0 Å². The van der Waals surface area contributed by atoms with E-state index in [0.29, 0.717) is 17.8 Å². The normalized spacial score (nSPS) is 11.2. The average molecular weight is 733 g/mol. The molecule has 6 heteroatoms. The van der Waals surface area contributed by atoms with Crippen LogP contribution in [0.15, 0.2) is 218 Å². The van der Waals surface area contributed by atoms with E-state index in [1.807, 2.05) is 18.2 Å². The lowest BCUT2D eigenvalue weighted by atomic mass is 10.1. The molecule has 1 aromatic heterocycles. The van der Waals surface area contributed by atoms with Crippen molar-refractivity contribution in [3.05, 3.63) is 218 Å². The minimum atomic E-state index is 0.472. The summed E-state index contributed by atoms with van der Waals surface area (Å²) in [7, 11) is 0. The van der Waals surface area contributed by atoms with Crippen molar-refractivity contribution in [1.29, 1.82) is 0 Å². The van der Waals surface area contributed by atoms with Gasteiger partial charge in [-0.25, -0.2) is 0 Å². The molecule has 0 unspecified atom stereocenters. The molecule has 0 atom stereocenters. The van der Waals surface area contributed by atoms with E-state index in [1.54, 1.807) is 0 Å². The van der Waals surface area contributed by atoms with Crippen LogP contribution in [0.1, 0.15) is 0 Å². The fourth-order valence-corrected chi connectivity index (χ4v) is 7.67. The zero-order chi connectivity index (χ0) is 38.0. The van der Waals surface area contributed by atoms with Gasteiger partial charge in [-0.15, -0.1) is 0 Å². The fourth-order valence-electron chi connectivity index (χ4n) is 7.67. The molecule has 6 nitrogen and oxygen atoms in total. The van der Waals surface area contributed by atoms with Crippen LogP contribution in [0.3, 0.4) is 0 Å². The first-order valence-electron chi connectivity index (χ1n) is 19.1. The first-order chi connectivity index (χ1) is 28.3. The van der Waals surface area contributed by atoms with Gasteiger partial charge in [0.25, 0.3) is 0 Å². The van der Waals surface area contributed by atoms with E-state index in [4.69, 9.17) is 15.0 Å². The highest BCUT2D eigenvalue weighted by molar-refractivity contribution is 6.01. The van der Waals surface area contributed by atoms with Gasteiger partial charge in [-0.2, -0.15) is 15.0 Å². The van der Waals surface area contributed by atoms with Crippen molar-refractivity contribution in [2.75, 3.05) is 14.7 Å². The number of para-hydroxylation sites is 3. The summed E-state index contributed by atoms with van der Waals surface area (Å²) in [5.41, 5.74) is 5.63. The molecule has 0 fully saturated rings. The second-order valence-electron chi connectivity index (χ2n) is 13.7. The standard InChI is InChI=1S/C51H36N6/c1-4-25-40(26-5-1)55(46-34-16-22-37-19-10-13-31-43(37)46)49-52-50(56(41-27-6-2-7-28-41)47-35-17-23-38-20-11-14-32-44(38)47)54-51(53-49)57(42-29-8-3-9-30-42)48-36-18-24-39-21-12-15-33-45(39)48/h1-36H. The Kier molecular flexibility index (Phi) is 8.74. The zero-order valence-electron chi connectivity index (χ0n) is 31.0. The third kappa shape index (κ3) is 6.35. The van der Waals surface area contributed by atoms with E-state index in [9.17, 15) is 0 Å². The maximum atomic E-state index is 5.49. The maximum absolute atomic E-state index is 5.49. The van der Waals surface area contributed by atoms with Crippen LogP contribution in [0.25, 0.3) is 32.3 Å². The first-order valence-corrected chi connectivity index (χ1v) is 19.1. The molecule has 0 saturated heterocycles. The van der Waals surface area contributed by atoms with Crippen LogP contribution in [0, 0.1) is 0 Å². The highest BCUT2D eigenvalue weighted by Gasteiger charge is 2.27. The van der Waals surface area contributed by atoms with E-state index >= 15 is 0 Å². The lowest BCUT2D eigenvalue weighted by Crippen LogP contribution is -2.22. The number of anilines is 9. The number of nitrogens with zero attached hydrogens (tertiary/aromatic N) is 6. The van der Waals surface area contributed by atoms with Crippen LogP contribution >= 0.6 is 0 Å². The van der Waals surface area contributed by atoms with E-state index in [-0.39, 0.29) is 0 Å². The van der Waals surface area contributed by atoms with Gasteiger partial charge in [0.05, 0.1) is 17.1 Å². The molecule has 270 valence electrons. The predicted molar refractivity (Wildman–Crippen MR) is 236 cm³/mol. The topological polar surface area (TPSA) is 48.4 Å². The van der Waals surface area contributed by atoms with Gasteiger partial charge in [0.15, 0.2) is 0 Å². The number of fused-ring (bicyclic) bond motifs is 3. The van der Waals surface area contributed by atoms with Gasteiger partial charge in [0, 0.05) is 33.2 Å². The maximum Gasteiger partial charge on any atom is 0.241 e. The van der Waals surface area contributed by atoms with Crippen LogP contribution < -0.4 is 14.7 Å². The Morgan fingerprint density at radius 1 is 0.228 bits per heavy atom. The number of hydrogen-bond acceptors (Lipinski definition) is 6. The monoisotopic (exact) mass is 732 g/mol. The molecule has 0 amide bonds. The Labute approximate surface area is 331 Å². The SMILES string of the molecule is c1ccc(N(c2nc(N(c3ccccc3)c3cccc4ccccc34)nc(N(c3ccccc3)c3cccc4ccccc34)n2)c2cccc3ccccc23)cc1. The van der Waals surface area contributed by atoms with Crippen LogP contribution in [0.2, 0.25) is 0 Å². The minimum Gasteiger partial charge on any atom is -0.278 e. The molecule has 0 radical (unpaired) electrons. The van der Waals surface area contributed by atoms with Gasteiger partial charge in [-0.05, 0) is 70.8 Å². The second kappa shape index (κ2) is 14.8. The Hall–Kier alpha value is -7.83. The quantitative estimate of drug-likeness (QED) is 0.147. The molecule has 0 aliphatic heterocycles. The first kappa shape index (κ1) is 33.7. The Bertz CT molecular complexity index is 2640. The van der Waals surface area contributed by atoms with Gasteiger partial charge in [-0.1, -0.05) is 164 Å². The molecule has 0 aliphatic rings. The van der Waals surface area contributed by atoms with E-state index in [0.717, 1.165) is 66.4 Å². The molecule has 9 aromatic carbocycles. The summed E-state index contributed by atoms with van der Waals surface area (Å²) in [6, 6.07) is 75.5. The van der Waals surface area contributed by atoms with Gasteiger partial charge in [-0.3, -0.25) is 14.7 Å².